The van der Waals surface area contributed by atoms with Gasteiger partial charge in [-0.3, -0.25) is 9.78 Å². The highest BCUT2D eigenvalue weighted by atomic mass is 32.2. The molecule has 0 saturated carbocycles. The van der Waals surface area contributed by atoms with Crippen LogP contribution in [0.2, 0.25) is 0 Å². The van der Waals surface area contributed by atoms with Crippen LogP contribution in [0.25, 0.3) is 11.1 Å². The molecule has 0 spiro atoms. The van der Waals surface area contributed by atoms with Gasteiger partial charge in [0.15, 0.2) is 0 Å². The summed E-state index contributed by atoms with van der Waals surface area (Å²) in [6, 6.07) is 10.7. The molecule has 0 fully saturated rings. The number of aromatic nitrogens is 1. The number of nitrogens with two attached hydrogens (primary N) is 1. The van der Waals surface area contributed by atoms with Crippen molar-refractivity contribution in [2.45, 2.75) is 30.7 Å². The van der Waals surface area contributed by atoms with Crippen LogP contribution in [-0.4, -0.2) is 44.9 Å². The van der Waals surface area contributed by atoms with Gasteiger partial charge in [-0.2, -0.15) is 24.9 Å². The van der Waals surface area contributed by atoms with Crippen molar-refractivity contribution in [2.24, 2.45) is 5.73 Å². The summed E-state index contributed by atoms with van der Waals surface area (Å²) in [7, 11) is 0. The summed E-state index contributed by atoms with van der Waals surface area (Å²) in [5.41, 5.74) is 3.26. The standard InChI is InChI=1S/C19H21F3N2O3S/c20-19(21,22)18(27,9-11-28-10-8-15(23)17(25)26)16-7-6-14(12-24-16)13-4-2-1-3-5-13/h1-7,12,15,27H,8-11,23H2,(H,25,26). The third kappa shape index (κ3) is 5.46. The second kappa shape index (κ2) is 9.40. The SMILES string of the molecule is NC(CCSCCC(O)(c1ccc(-c2ccccc2)cn1)C(F)(F)F)C(=O)O. The minimum absolute atomic E-state index is 0.0233. The van der Waals surface area contributed by atoms with Gasteiger partial charge >= 0.3 is 12.1 Å². The van der Waals surface area contributed by atoms with Crippen molar-refractivity contribution >= 4 is 17.7 Å². The fraction of sp³-hybridized carbons (Fsp3) is 0.368. The molecule has 5 nitrogen and oxygen atoms in total. The first-order valence-electron chi connectivity index (χ1n) is 8.52. The zero-order valence-electron chi connectivity index (χ0n) is 14.9. The van der Waals surface area contributed by atoms with E-state index in [4.69, 9.17) is 10.8 Å². The monoisotopic (exact) mass is 414 g/mol. The molecule has 0 radical (unpaired) electrons. The van der Waals surface area contributed by atoms with Crippen molar-refractivity contribution in [1.29, 1.82) is 0 Å². The number of thioether (sulfide) groups is 1. The number of benzene rings is 1. The zero-order valence-corrected chi connectivity index (χ0v) is 15.7. The van der Waals surface area contributed by atoms with E-state index in [1.165, 1.54) is 18.3 Å². The van der Waals surface area contributed by atoms with Crippen LogP contribution in [0.1, 0.15) is 18.5 Å². The van der Waals surface area contributed by atoms with Gasteiger partial charge in [0.2, 0.25) is 5.60 Å². The number of rotatable bonds is 9. The normalized spacial score (nSPS) is 15.0. The predicted molar refractivity (Wildman–Crippen MR) is 102 cm³/mol. The maximum Gasteiger partial charge on any atom is 0.423 e. The van der Waals surface area contributed by atoms with Crippen LogP contribution in [-0.2, 0) is 10.4 Å². The van der Waals surface area contributed by atoms with Crippen molar-refractivity contribution in [1.82, 2.24) is 4.98 Å². The minimum Gasteiger partial charge on any atom is -0.480 e. The lowest BCUT2D eigenvalue weighted by Gasteiger charge is -2.30. The van der Waals surface area contributed by atoms with Gasteiger partial charge in [0.05, 0.1) is 5.69 Å². The Hall–Kier alpha value is -2.10. The molecule has 4 N–H and O–H groups in total. The second-order valence-corrected chi connectivity index (χ2v) is 7.48. The highest BCUT2D eigenvalue weighted by molar-refractivity contribution is 7.99. The fourth-order valence-corrected chi connectivity index (χ4v) is 3.58. The molecular formula is C19H21F3N2O3S. The van der Waals surface area contributed by atoms with Gasteiger partial charge in [-0.05, 0) is 36.0 Å². The van der Waals surface area contributed by atoms with Crippen molar-refractivity contribution in [2.75, 3.05) is 11.5 Å². The summed E-state index contributed by atoms with van der Waals surface area (Å²) in [5, 5.41) is 19.1. The van der Waals surface area contributed by atoms with E-state index in [9.17, 15) is 23.1 Å². The fourth-order valence-electron chi connectivity index (χ4n) is 2.51. The Kier molecular flexibility index (Phi) is 7.45. The molecule has 1 heterocycles. The van der Waals surface area contributed by atoms with E-state index in [-0.39, 0.29) is 17.9 Å². The highest BCUT2D eigenvalue weighted by Crippen LogP contribution is 2.41. The molecular weight excluding hydrogens is 393 g/mol. The molecule has 9 heteroatoms. The maximum absolute atomic E-state index is 13.6. The number of nitrogens with zero attached hydrogens (tertiary/aromatic N) is 1. The molecule has 1 aromatic carbocycles. The number of alkyl halides is 3. The molecule has 0 amide bonds. The van der Waals surface area contributed by atoms with Crippen LogP contribution in [0.15, 0.2) is 48.7 Å². The van der Waals surface area contributed by atoms with Crippen LogP contribution in [0.5, 0.6) is 0 Å². The molecule has 0 aliphatic rings. The third-order valence-corrected chi connectivity index (χ3v) is 5.28. The van der Waals surface area contributed by atoms with E-state index in [1.807, 2.05) is 30.3 Å². The maximum atomic E-state index is 13.6. The Morgan fingerprint density at radius 3 is 2.32 bits per heavy atom. The molecule has 2 unspecified atom stereocenters. The Balaban J connectivity index is 2.07. The first kappa shape index (κ1) is 22.2. The predicted octanol–water partition coefficient (Wildman–Crippen LogP) is 3.42. The van der Waals surface area contributed by atoms with Crippen LogP contribution >= 0.6 is 11.8 Å². The molecule has 2 rings (SSSR count). The van der Waals surface area contributed by atoms with E-state index < -0.39 is 35.9 Å². The van der Waals surface area contributed by atoms with Gasteiger partial charge in [0.1, 0.15) is 6.04 Å². The largest absolute Gasteiger partial charge is 0.480 e. The number of carbonyl (C=O) groups is 1. The Morgan fingerprint density at radius 1 is 1.11 bits per heavy atom. The lowest BCUT2D eigenvalue weighted by molar-refractivity contribution is -0.268. The van der Waals surface area contributed by atoms with E-state index >= 15 is 0 Å². The number of hydrogen-bond acceptors (Lipinski definition) is 5. The van der Waals surface area contributed by atoms with Crippen LogP contribution < -0.4 is 5.73 Å². The zero-order chi connectivity index (χ0) is 20.8. The molecule has 2 aromatic rings. The van der Waals surface area contributed by atoms with Crippen LogP contribution in [0, 0.1) is 0 Å². The van der Waals surface area contributed by atoms with E-state index in [2.05, 4.69) is 4.98 Å². The van der Waals surface area contributed by atoms with Crippen molar-refractivity contribution < 1.29 is 28.2 Å². The Labute approximate surface area is 164 Å². The van der Waals surface area contributed by atoms with Gasteiger partial charge in [-0.25, -0.2) is 0 Å². The number of pyridine rings is 1. The summed E-state index contributed by atoms with van der Waals surface area (Å²) in [5.74, 6) is -0.901. The molecule has 2 atom stereocenters. The van der Waals surface area contributed by atoms with Crippen molar-refractivity contribution in [3.63, 3.8) is 0 Å². The van der Waals surface area contributed by atoms with Gasteiger partial charge < -0.3 is 15.9 Å². The molecule has 28 heavy (non-hydrogen) atoms. The average molecular weight is 414 g/mol. The smallest absolute Gasteiger partial charge is 0.423 e. The van der Waals surface area contributed by atoms with Gasteiger partial charge in [-0.15, -0.1) is 0 Å². The summed E-state index contributed by atoms with van der Waals surface area (Å²) < 4.78 is 40.7. The molecule has 0 saturated heterocycles. The quantitative estimate of drug-likeness (QED) is 0.544. The number of aliphatic carboxylic acids is 1. The molecule has 1 aromatic heterocycles. The molecule has 0 bridgehead atoms. The summed E-state index contributed by atoms with van der Waals surface area (Å²) in [6.07, 6.45) is -4.05. The molecule has 0 aliphatic carbocycles. The average Bonchev–Trinajstić information content (AvgIpc) is 2.67. The first-order chi connectivity index (χ1) is 13.1. The van der Waals surface area contributed by atoms with E-state index in [0.717, 1.165) is 17.3 Å². The minimum atomic E-state index is -4.90. The van der Waals surface area contributed by atoms with Crippen molar-refractivity contribution in [3.05, 3.63) is 54.4 Å². The third-order valence-electron chi connectivity index (χ3n) is 4.26. The molecule has 152 valence electrons. The summed E-state index contributed by atoms with van der Waals surface area (Å²) in [6.45, 7) is 0. The number of carboxylic acids is 1. The number of aliphatic hydroxyl groups is 1. The number of halogens is 3. The van der Waals surface area contributed by atoms with E-state index in [1.54, 1.807) is 0 Å². The lowest BCUT2D eigenvalue weighted by atomic mass is 9.94. The van der Waals surface area contributed by atoms with Gasteiger partial charge in [-0.1, -0.05) is 36.4 Å². The van der Waals surface area contributed by atoms with Gasteiger partial charge in [0, 0.05) is 11.8 Å². The molecule has 0 aliphatic heterocycles. The van der Waals surface area contributed by atoms with Gasteiger partial charge in [0.25, 0.3) is 0 Å². The van der Waals surface area contributed by atoms with Crippen molar-refractivity contribution in [3.8, 4) is 11.1 Å². The topological polar surface area (TPSA) is 96.4 Å². The first-order valence-corrected chi connectivity index (χ1v) is 9.68. The summed E-state index contributed by atoms with van der Waals surface area (Å²) in [4.78, 5) is 14.5. The second-order valence-electron chi connectivity index (χ2n) is 6.25. The number of carboxylic acid groups (broad SMARTS) is 1. The van der Waals surface area contributed by atoms with Crippen LogP contribution in [0.3, 0.4) is 0 Å². The Bertz CT molecular complexity index is 772. The lowest BCUT2D eigenvalue weighted by Crippen LogP contribution is -2.43. The van der Waals surface area contributed by atoms with Crippen LogP contribution in [0.4, 0.5) is 13.2 Å². The number of hydrogen-bond donors (Lipinski definition) is 3. The Morgan fingerprint density at radius 2 is 1.79 bits per heavy atom. The summed E-state index contributed by atoms with van der Waals surface area (Å²) >= 11 is 1.11. The van der Waals surface area contributed by atoms with E-state index in [0.29, 0.717) is 5.56 Å². The highest BCUT2D eigenvalue weighted by Gasteiger charge is 2.55.